The molecule has 0 unspecified atom stereocenters. The molecule has 1 aromatic carbocycles. The van der Waals surface area contributed by atoms with E-state index in [1.54, 1.807) is 7.11 Å². The van der Waals surface area contributed by atoms with Crippen LogP contribution in [0.4, 0.5) is 5.69 Å². The van der Waals surface area contributed by atoms with E-state index < -0.39 is 0 Å². The van der Waals surface area contributed by atoms with Crippen LogP contribution in [0, 0.1) is 0 Å². The lowest BCUT2D eigenvalue weighted by Gasteiger charge is -2.09. The third kappa shape index (κ3) is 4.03. The molecule has 1 heterocycles. The van der Waals surface area contributed by atoms with Crippen LogP contribution in [0.1, 0.15) is 5.69 Å². The van der Waals surface area contributed by atoms with E-state index in [-0.39, 0.29) is 0 Å². The molecule has 0 saturated heterocycles. The summed E-state index contributed by atoms with van der Waals surface area (Å²) in [5.41, 5.74) is 2.33. The molecule has 1 N–H and O–H groups in total. The highest BCUT2D eigenvalue weighted by molar-refractivity contribution is 5.46. The van der Waals surface area contributed by atoms with Gasteiger partial charge >= 0.3 is 0 Å². The summed E-state index contributed by atoms with van der Waals surface area (Å²) in [5, 5.41) is 3.38. The highest BCUT2D eigenvalue weighted by Crippen LogP contribution is 2.16. The second kappa shape index (κ2) is 6.85. The van der Waals surface area contributed by atoms with E-state index in [1.807, 2.05) is 43.6 Å². The molecule has 0 spiro atoms. The number of benzene rings is 1. The van der Waals surface area contributed by atoms with Crippen LogP contribution in [0.15, 0.2) is 42.6 Å². The van der Waals surface area contributed by atoms with Crippen molar-refractivity contribution in [2.45, 2.75) is 6.54 Å². The maximum absolute atomic E-state index is 5.51. The van der Waals surface area contributed by atoms with E-state index in [0.717, 1.165) is 18.0 Å². The first kappa shape index (κ1) is 13.5. The molecule has 102 valence electrons. The Hall–Kier alpha value is -1.94. The Morgan fingerprint density at radius 2 is 1.89 bits per heavy atom. The van der Waals surface area contributed by atoms with E-state index in [1.165, 1.54) is 5.69 Å². The van der Waals surface area contributed by atoms with Crippen molar-refractivity contribution in [2.75, 3.05) is 25.6 Å². The van der Waals surface area contributed by atoms with Crippen LogP contribution in [0.2, 0.25) is 0 Å². The summed E-state index contributed by atoms with van der Waals surface area (Å²) < 4.78 is 12.6. The fourth-order valence-corrected chi connectivity index (χ4v) is 1.78. The first-order valence-electron chi connectivity index (χ1n) is 6.35. The largest absolute Gasteiger partial charge is 0.491 e. The van der Waals surface area contributed by atoms with Crippen molar-refractivity contribution in [3.8, 4) is 5.75 Å². The summed E-state index contributed by atoms with van der Waals surface area (Å²) >= 11 is 0. The number of anilines is 1. The van der Waals surface area contributed by atoms with Crippen LogP contribution in [0.3, 0.4) is 0 Å². The Bertz CT molecular complexity index is 491. The number of nitrogens with zero attached hydrogens (tertiary/aromatic N) is 1. The minimum Gasteiger partial charge on any atom is -0.491 e. The monoisotopic (exact) mass is 260 g/mol. The highest BCUT2D eigenvalue weighted by Gasteiger charge is 1.98. The van der Waals surface area contributed by atoms with Crippen molar-refractivity contribution in [3.63, 3.8) is 0 Å². The molecule has 1 aromatic heterocycles. The molecular formula is C15H20N2O2. The molecular weight excluding hydrogens is 240 g/mol. The van der Waals surface area contributed by atoms with Crippen molar-refractivity contribution in [1.29, 1.82) is 0 Å². The Kier molecular flexibility index (Phi) is 4.86. The van der Waals surface area contributed by atoms with Crippen molar-refractivity contribution in [2.24, 2.45) is 7.05 Å². The zero-order valence-corrected chi connectivity index (χ0v) is 11.4. The average molecular weight is 260 g/mol. The second-order valence-corrected chi connectivity index (χ2v) is 4.33. The lowest BCUT2D eigenvalue weighted by molar-refractivity contribution is 0.146. The molecule has 4 nitrogen and oxygen atoms in total. The first-order valence-corrected chi connectivity index (χ1v) is 6.35. The summed E-state index contributed by atoms with van der Waals surface area (Å²) in [6.07, 6.45) is 2.05. The van der Waals surface area contributed by atoms with Gasteiger partial charge in [-0.15, -0.1) is 0 Å². The van der Waals surface area contributed by atoms with Gasteiger partial charge in [-0.05, 0) is 36.4 Å². The van der Waals surface area contributed by atoms with Gasteiger partial charge in [0.2, 0.25) is 0 Å². The number of rotatable bonds is 7. The van der Waals surface area contributed by atoms with Gasteiger partial charge in [0.1, 0.15) is 12.4 Å². The van der Waals surface area contributed by atoms with Crippen molar-refractivity contribution in [1.82, 2.24) is 4.57 Å². The van der Waals surface area contributed by atoms with E-state index in [4.69, 9.17) is 9.47 Å². The SMILES string of the molecule is COCCOc1ccc(NCc2cccn2C)cc1. The van der Waals surface area contributed by atoms with Gasteiger partial charge in [0, 0.05) is 31.7 Å². The van der Waals surface area contributed by atoms with Gasteiger partial charge in [0.15, 0.2) is 0 Å². The lowest BCUT2D eigenvalue weighted by Crippen LogP contribution is -2.05. The molecule has 0 bridgehead atoms. The van der Waals surface area contributed by atoms with E-state index in [0.29, 0.717) is 13.2 Å². The van der Waals surface area contributed by atoms with Gasteiger partial charge in [-0.25, -0.2) is 0 Å². The molecule has 4 heteroatoms. The summed E-state index contributed by atoms with van der Waals surface area (Å²) in [5.74, 6) is 0.862. The highest BCUT2D eigenvalue weighted by atomic mass is 16.5. The lowest BCUT2D eigenvalue weighted by atomic mass is 10.3. The van der Waals surface area contributed by atoms with Crippen LogP contribution >= 0.6 is 0 Å². The van der Waals surface area contributed by atoms with E-state index in [9.17, 15) is 0 Å². The summed E-state index contributed by atoms with van der Waals surface area (Å²) in [6, 6.07) is 12.1. The fourth-order valence-electron chi connectivity index (χ4n) is 1.78. The van der Waals surface area contributed by atoms with Gasteiger partial charge in [-0.3, -0.25) is 0 Å². The topological polar surface area (TPSA) is 35.4 Å². The number of aromatic nitrogens is 1. The average Bonchev–Trinajstić information content (AvgIpc) is 2.84. The quantitative estimate of drug-likeness (QED) is 0.777. The molecule has 0 aliphatic carbocycles. The van der Waals surface area contributed by atoms with Gasteiger partial charge in [0.05, 0.1) is 13.2 Å². The van der Waals surface area contributed by atoms with E-state index >= 15 is 0 Å². The third-order valence-electron chi connectivity index (χ3n) is 2.94. The Labute approximate surface area is 114 Å². The van der Waals surface area contributed by atoms with Gasteiger partial charge in [0.25, 0.3) is 0 Å². The summed E-state index contributed by atoms with van der Waals surface area (Å²) in [6.45, 7) is 1.99. The maximum atomic E-state index is 5.51. The zero-order valence-electron chi connectivity index (χ0n) is 11.4. The van der Waals surface area contributed by atoms with Gasteiger partial charge < -0.3 is 19.4 Å². The molecule has 0 aliphatic rings. The normalized spacial score (nSPS) is 10.4. The second-order valence-electron chi connectivity index (χ2n) is 4.33. The first-order chi connectivity index (χ1) is 9.29. The molecule has 2 aromatic rings. The maximum Gasteiger partial charge on any atom is 0.119 e. The fraction of sp³-hybridized carbons (Fsp3) is 0.333. The Morgan fingerprint density at radius 1 is 1.11 bits per heavy atom. The Morgan fingerprint density at radius 3 is 2.53 bits per heavy atom. The van der Waals surface area contributed by atoms with Crippen LogP contribution in [0.25, 0.3) is 0 Å². The Balaban J connectivity index is 1.83. The van der Waals surface area contributed by atoms with Crippen LogP contribution in [-0.2, 0) is 18.3 Å². The van der Waals surface area contributed by atoms with Crippen LogP contribution < -0.4 is 10.1 Å². The standard InChI is InChI=1S/C15H20N2O2/c1-17-9-3-4-14(17)12-16-13-5-7-15(8-6-13)19-11-10-18-2/h3-9,16H,10-12H2,1-2H3. The predicted molar refractivity (Wildman–Crippen MR) is 76.6 cm³/mol. The molecule has 0 radical (unpaired) electrons. The molecule has 0 fully saturated rings. The van der Waals surface area contributed by atoms with Crippen LogP contribution in [0.5, 0.6) is 5.75 Å². The molecule has 0 amide bonds. The smallest absolute Gasteiger partial charge is 0.119 e. The molecule has 0 atom stereocenters. The van der Waals surface area contributed by atoms with E-state index in [2.05, 4.69) is 16.0 Å². The minimum absolute atomic E-state index is 0.576. The summed E-state index contributed by atoms with van der Waals surface area (Å²) in [4.78, 5) is 0. The number of aryl methyl sites for hydroxylation is 1. The van der Waals surface area contributed by atoms with Gasteiger partial charge in [-0.2, -0.15) is 0 Å². The predicted octanol–water partition coefficient (Wildman–Crippen LogP) is 2.66. The molecule has 0 saturated carbocycles. The van der Waals surface area contributed by atoms with Gasteiger partial charge in [-0.1, -0.05) is 0 Å². The number of hydrogen-bond donors (Lipinski definition) is 1. The minimum atomic E-state index is 0.576. The number of hydrogen-bond acceptors (Lipinski definition) is 3. The number of methoxy groups -OCH3 is 1. The third-order valence-corrected chi connectivity index (χ3v) is 2.94. The zero-order chi connectivity index (χ0) is 13.5. The van der Waals surface area contributed by atoms with Crippen LogP contribution in [-0.4, -0.2) is 24.9 Å². The molecule has 2 rings (SSSR count). The van der Waals surface area contributed by atoms with Crippen molar-refractivity contribution >= 4 is 5.69 Å². The molecule has 19 heavy (non-hydrogen) atoms. The summed E-state index contributed by atoms with van der Waals surface area (Å²) in [7, 11) is 3.71. The van der Waals surface area contributed by atoms with Crippen molar-refractivity contribution < 1.29 is 9.47 Å². The number of nitrogens with one attached hydrogen (secondary N) is 1. The van der Waals surface area contributed by atoms with Crippen molar-refractivity contribution in [3.05, 3.63) is 48.3 Å². The number of ether oxygens (including phenoxy) is 2. The molecule has 0 aliphatic heterocycles.